The first-order valence-electron chi connectivity index (χ1n) is 7.83. The Balaban J connectivity index is 1.36. The second kappa shape index (κ2) is 6.06. The third kappa shape index (κ3) is 3.80. The number of nitrogens with one attached hydrogen (secondary N) is 1. The van der Waals surface area contributed by atoms with Gasteiger partial charge in [0.25, 0.3) is 0 Å². The molecule has 2 nitrogen and oxygen atoms in total. The molecule has 1 N–H and O–H groups in total. The van der Waals surface area contributed by atoms with Gasteiger partial charge in [0.05, 0.1) is 0 Å². The van der Waals surface area contributed by atoms with Gasteiger partial charge >= 0.3 is 0 Å². The monoisotopic (exact) mass is 258 g/mol. The molecule has 2 aliphatic rings. The minimum Gasteiger partial charge on any atom is -0.311 e. The van der Waals surface area contributed by atoms with Crippen LogP contribution < -0.4 is 5.32 Å². The predicted octanol–water partition coefficient (Wildman–Crippen LogP) is 2.69. The van der Waals surface area contributed by atoms with Gasteiger partial charge in [0.1, 0.15) is 0 Å². The Morgan fingerprint density at radius 1 is 1.16 bits per heavy atom. The second-order valence-electron chi connectivity index (χ2n) is 6.34. The molecule has 0 aromatic heterocycles. The van der Waals surface area contributed by atoms with Gasteiger partial charge in [-0.3, -0.25) is 0 Å². The predicted molar refractivity (Wildman–Crippen MR) is 80.3 cm³/mol. The van der Waals surface area contributed by atoms with E-state index in [-0.39, 0.29) is 0 Å². The molecule has 2 unspecified atom stereocenters. The Kier molecular flexibility index (Phi) is 4.19. The maximum atomic E-state index is 3.81. The average molecular weight is 258 g/mol. The first-order chi connectivity index (χ1) is 9.31. The summed E-state index contributed by atoms with van der Waals surface area (Å²) in [7, 11) is 0. The summed E-state index contributed by atoms with van der Waals surface area (Å²) in [4.78, 5) is 2.63. The highest BCUT2D eigenvalue weighted by Gasteiger charge is 2.34. The normalized spacial score (nSPS) is 28.5. The quantitative estimate of drug-likeness (QED) is 0.873. The zero-order chi connectivity index (χ0) is 13.1. The van der Waals surface area contributed by atoms with Crippen molar-refractivity contribution in [3.05, 3.63) is 35.9 Å². The summed E-state index contributed by atoms with van der Waals surface area (Å²) in [6.45, 7) is 6.11. The number of benzene rings is 1. The molecule has 19 heavy (non-hydrogen) atoms. The minimum absolute atomic E-state index is 0.780. The summed E-state index contributed by atoms with van der Waals surface area (Å²) in [6.07, 6.45) is 5.25. The van der Waals surface area contributed by atoms with E-state index in [1.165, 1.54) is 50.9 Å². The Bertz CT molecular complexity index is 382. The van der Waals surface area contributed by atoms with Crippen LogP contribution in [0.3, 0.4) is 0 Å². The fraction of sp³-hybridized carbons (Fsp3) is 0.647. The molecule has 1 aliphatic heterocycles. The summed E-state index contributed by atoms with van der Waals surface area (Å²) >= 11 is 0. The van der Waals surface area contributed by atoms with Crippen LogP contribution in [0.25, 0.3) is 0 Å². The summed E-state index contributed by atoms with van der Waals surface area (Å²) in [5, 5.41) is 3.81. The maximum absolute atomic E-state index is 3.81. The molecule has 1 heterocycles. The summed E-state index contributed by atoms with van der Waals surface area (Å²) in [6, 6.07) is 12.5. The van der Waals surface area contributed by atoms with Gasteiger partial charge in [0.2, 0.25) is 0 Å². The third-order valence-electron chi connectivity index (χ3n) is 4.71. The molecule has 2 atom stereocenters. The van der Waals surface area contributed by atoms with Gasteiger partial charge in [-0.25, -0.2) is 0 Å². The van der Waals surface area contributed by atoms with E-state index in [1.54, 1.807) is 0 Å². The number of rotatable bonds is 5. The molecule has 1 saturated heterocycles. The van der Waals surface area contributed by atoms with Gasteiger partial charge in [0, 0.05) is 18.6 Å². The number of hydrogen-bond acceptors (Lipinski definition) is 2. The fourth-order valence-electron chi connectivity index (χ4n) is 3.11. The lowest BCUT2D eigenvalue weighted by molar-refractivity contribution is 0.198. The van der Waals surface area contributed by atoms with E-state index in [9.17, 15) is 0 Å². The van der Waals surface area contributed by atoms with Crippen molar-refractivity contribution in [3.63, 3.8) is 0 Å². The Morgan fingerprint density at radius 2 is 1.84 bits per heavy atom. The first kappa shape index (κ1) is 13.1. The van der Waals surface area contributed by atoms with E-state index in [4.69, 9.17) is 0 Å². The minimum atomic E-state index is 0.780. The van der Waals surface area contributed by atoms with Crippen LogP contribution in [0.2, 0.25) is 0 Å². The molecule has 1 saturated carbocycles. The van der Waals surface area contributed by atoms with Crippen LogP contribution in [0.4, 0.5) is 0 Å². The standard InChI is InChI=1S/C17H26N2/c1-14-13-17(14)18-16-8-11-19(12-9-16)10-7-15-5-3-2-4-6-15/h2-6,14,16-18H,7-13H2,1H3. The summed E-state index contributed by atoms with van der Waals surface area (Å²) < 4.78 is 0. The fourth-order valence-corrected chi connectivity index (χ4v) is 3.11. The van der Waals surface area contributed by atoms with Crippen molar-refractivity contribution in [2.24, 2.45) is 5.92 Å². The van der Waals surface area contributed by atoms with Crippen LogP contribution >= 0.6 is 0 Å². The second-order valence-corrected chi connectivity index (χ2v) is 6.34. The molecule has 0 amide bonds. The van der Waals surface area contributed by atoms with E-state index < -0.39 is 0 Å². The van der Waals surface area contributed by atoms with Crippen LogP contribution in [0.5, 0.6) is 0 Å². The van der Waals surface area contributed by atoms with Gasteiger partial charge < -0.3 is 10.2 Å². The van der Waals surface area contributed by atoms with Crippen molar-refractivity contribution < 1.29 is 0 Å². The molecule has 0 spiro atoms. The molecule has 1 aromatic rings. The van der Waals surface area contributed by atoms with Crippen molar-refractivity contribution in [2.45, 2.75) is 44.7 Å². The highest BCUT2D eigenvalue weighted by atomic mass is 15.1. The molecule has 2 fully saturated rings. The Morgan fingerprint density at radius 3 is 2.47 bits per heavy atom. The lowest BCUT2D eigenvalue weighted by Gasteiger charge is -2.32. The smallest absolute Gasteiger partial charge is 0.00989 e. The zero-order valence-electron chi connectivity index (χ0n) is 12.0. The van der Waals surface area contributed by atoms with Crippen molar-refractivity contribution in [1.29, 1.82) is 0 Å². The van der Waals surface area contributed by atoms with Gasteiger partial charge in [-0.2, -0.15) is 0 Å². The summed E-state index contributed by atoms with van der Waals surface area (Å²) in [5.74, 6) is 0.927. The lowest BCUT2D eigenvalue weighted by atomic mass is 10.0. The highest BCUT2D eigenvalue weighted by molar-refractivity contribution is 5.14. The van der Waals surface area contributed by atoms with Crippen molar-refractivity contribution in [1.82, 2.24) is 10.2 Å². The molecule has 2 heteroatoms. The van der Waals surface area contributed by atoms with Gasteiger partial charge in [-0.1, -0.05) is 37.3 Å². The van der Waals surface area contributed by atoms with Crippen LogP contribution in [0, 0.1) is 5.92 Å². The molecule has 1 aromatic carbocycles. The molecule has 0 radical (unpaired) electrons. The third-order valence-corrected chi connectivity index (χ3v) is 4.71. The topological polar surface area (TPSA) is 15.3 Å². The highest BCUT2D eigenvalue weighted by Crippen LogP contribution is 2.30. The van der Waals surface area contributed by atoms with Crippen LogP contribution in [-0.2, 0) is 6.42 Å². The Hall–Kier alpha value is -0.860. The van der Waals surface area contributed by atoms with E-state index in [0.717, 1.165) is 18.0 Å². The Labute approximate surface area is 117 Å². The maximum Gasteiger partial charge on any atom is 0.00989 e. The van der Waals surface area contributed by atoms with Crippen LogP contribution in [0.15, 0.2) is 30.3 Å². The van der Waals surface area contributed by atoms with E-state index >= 15 is 0 Å². The molecule has 104 valence electrons. The van der Waals surface area contributed by atoms with Crippen molar-refractivity contribution in [2.75, 3.05) is 19.6 Å². The molecular formula is C17H26N2. The zero-order valence-corrected chi connectivity index (χ0v) is 12.0. The van der Waals surface area contributed by atoms with Crippen LogP contribution in [0.1, 0.15) is 31.7 Å². The molecular weight excluding hydrogens is 232 g/mol. The molecule has 3 rings (SSSR count). The van der Waals surface area contributed by atoms with Gasteiger partial charge in [-0.15, -0.1) is 0 Å². The number of piperidine rings is 1. The SMILES string of the molecule is CC1CC1NC1CCN(CCc2ccccc2)CC1. The number of nitrogens with zero attached hydrogens (tertiary/aromatic N) is 1. The molecule has 1 aliphatic carbocycles. The summed E-state index contributed by atoms with van der Waals surface area (Å²) in [5.41, 5.74) is 1.47. The van der Waals surface area contributed by atoms with Gasteiger partial charge in [0.15, 0.2) is 0 Å². The van der Waals surface area contributed by atoms with E-state index in [0.29, 0.717) is 0 Å². The number of hydrogen-bond donors (Lipinski definition) is 1. The van der Waals surface area contributed by atoms with Crippen LogP contribution in [-0.4, -0.2) is 36.6 Å². The largest absolute Gasteiger partial charge is 0.311 e. The van der Waals surface area contributed by atoms with Crippen molar-refractivity contribution in [3.8, 4) is 0 Å². The van der Waals surface area contributed by atoms with Crippen molar-refractivity contribution >= 4 is 0 Å². The average Bonchev–Trinajstić information content (AvgIpc) is 3.14. The first-order valence-corrected chi connectivity index (χ1v) is 7.83. The lowest BCUT2D eigenvalue weighted by Crippen LogP contribution is -2.44. The number of likely N-dealkylation sites (tertiary alicyclic amines) is 1. The van der Waals surface area contributed by atoms with Gasteiger partial charge in [-0.05, 0) is 50.3 Å². The molecule has 0 bridgehead atoms. The van der Waals surface area contributed by atoms with E-state index in [1.807, 2.05) is 0 Å². The van der Waals surface area contributed by atoms with E-state index in [2.05, 4.69) is 47.5 Å².